The van der Waals surface area contributed by atoms with Crippen LogP contribution in [-0.4, -0.2) is 53.0 Å². The van der Waals surface area contributed by atoms with E-state index in [-0.39, 0.29) is 5.91 Å². The Bertz CT molecular complexity index is 703. The lowest BCUT2D eigenvalue weighted by molar-refractivity contribution is -0.139. The van der Waals surface area contributed by atoms with E-state index < -0.39 is 6.10 Å². The molecule has 0 N–H and O–H groups in total. The van der Waals surface area contributed by atoms with Crippen molar-refractivity contribution in [2.24, 2.45) is 0 Å². The summed E-state index contributed by atoms with van der Waals surface area (Å²) in [6, 6.07) is 13.1. The third-order valence-electron chi connectivity index (χ3n) is 4.28. The molecular formula is C19H22ClN3O2. The molecule has 0 spiro atoms. The SMILES string of the molecule is CC(Oc1ccccc1Cl)C(=O)N1CCN(Cc2ccccn2)CC1. The summed E-state index contributed by atoms with van der Waals surface area (Å²) in [6.07, 6.45) is 1.25. The summed E-state index contributed by atoms with van der Waals surface area (Å²) >= 11 is 6.09. The Balaban J connectivity index is 1.50. The molecule has 3 rings (SSSR count). The lowest BCUT2D eigenvalue weighted by atomic mass is 10.2. The van der Waals surface area contributed by atoms with Gasteiger partial charge in [-0.15, -0.1) is 0 Å². The topological polar surface area (TPSA) is 45.7 Å². The molecule has 0 aliphatic carbocycles. The van der Waals surface area contributed by atoms with Gasteiger partial charge in [0.2, 0.25) is 0 Å². The van der Waals surface area contributed by atoms with Crippen molar-refractivity contribution in [3.63, 3.8) is 0 Å². The summed E-state index contributed by atoms with van der Waals surface area (Å²) in [5.41, 5.74) is 1.05. The van der Waals surface area contributed by atoms with E-state index in [2.05, 4.69) is 9.88 Å². The van der Waals surface area contributed by atoms with Gasteiger partial charge in [-0.3, -0.25) is 14.7 Å². The third-order valence-corrected chi connectivity index (χ3v) is 4.60. The number of nitrogens with zero attached hydrogens (tertiary/aromatic N) is 3. The molecule has 1 saturated heterocycles. The van der Waals surface area contributed by atoms with E-state index in [0.29, 0.717) is 23.9 Å². The second-order valence-electron chi connectivity index (χ2n) is 6.11. The molecular weight excluding hydrogens is 338 g/mol. The number of carbonyl (C=O) groups excluding carboxylic acids is 1. The smallest absolute Gasteiger partial charge is 0.263 e. The number of aromatic nitrogens is 1. The second-order valence-corrected chi connectivity index (χ2v) is 6.52. The number of piperazine rings is 1. The molecule has 1 aromatic carbocycles. The fourth-order valence-corrected chi connectivity index (χ4v) is 3.07. The van der Waals surface area contributed by atoms with Gasteiger partial charge < -0.3 is 9.64 Å². The Morgan fingerprint density at radius 2 is 1.88 bits per heavy atom. The van der Waals surface area contributed by atoms with Crippen LogP contribution in [0.1, 0.15) is 12.6 Å². The molecule has 5 nitrogen and oxygen atoms in total. The number of halogens is 1. The molecule has 1 fully saturated rings. The van der Waals surface area contributed by atoms with Gasteiger partial charge in [0.15, 0.2) is 6.10 Å². The quantitative estimate of drug-likeness (QED) is 0.823. The number of amides is 1. The first-order valence-corrected chi connectivity index (χ1v) is 8.83. The van der Waals surface area contributed by atoms with Crippen molar-refractivity contribution in [2.45, 2.75) is 19.6 Å². The van der Waals surface area contributed by atoms with Crippen molar-refractivity contribution in [2.75, 3.05) is 26.2 Å². The van der Waals surface area contributed by atoms with E-state index in [1.165, 1.54) is 0 Å². The molecule has 0 radical (unpaired) electrons. The molecule has 1 atom stereocenters. The van der Waals surface area contributed by atoms with Gasteiger partial charge >= 0.3 is 0 Å². The van der Waals surface area contributed by atoms with E-state index in [9.17, 15) is 4.79 Å². The fraction of sp³-hybridized carbons (Fsp3) is 0.368. The maximum atomic E-state index is 12.6. The Labute approximate surface area is 153 Å². The van der Waals surface area contributed by atoms with Crippen LogP contribution in [0.3, 0.4) is 0 Å². The highest BCUT2D eigenvalue weighted by molar-refractivity contribution is 6.32. The van der Waals surface area contributed by atoms with Gasteiger partial charge in [-0.2, -0.15) is 0 Å². The van der Waals surface area contributed by atoms with Gasteiger partial charge in [-0.25, -0.2) is 0 Å². The second kappa shape index (κ2) is 8.32. The van der Waals surface area contributed by atoms with Crippen LogP contribution in [0, 0.1) is 0 Å². The molecule has 2 aromatic rings. The van der Waals surface area contributed by atoms with Crippen LogP contribution in [0.15, 0.2) is 48.7 Å². The van der Waals surface area contributed by atoms with Gasteiger partial charge in [-0.1, -0.05) is 29.8 Å². The van der Waals surface area contributed by atoms with Crippen LogP contribution in [0.2, 0.25) is 5.02 Å². The van der Waals surface area contributed by atoms with Crippen molar-refractivity contribution in [1.29, 1.82) is 0 Å². The van der Waals surface area contributed by atoms with Crippen molar-refractivity contribution in [3.05, 3.63) is 59.4 Å². The molecule has 6 heteroatoms. The minimum Gasteiger partial charge on any atom is -0.479 e. The van der Waals surface area contributed by atoms with E-state index in [4.69, 9.17) is 16.3 Å². The minimum absolute atomic E-state index is 0.00240. The number of hydrogen-bond acceptors (Lipinski definition) is 4. The molecule has 132 valence electrons. The number of benzene rings is 1. The highest BCUT2D eigenvalue weighted by Crippen LogP contribution is 2.24. The van der Waals surface area contributed by atoms with Gasteiger partial charge in [0.05, 0.1) is 10.7 Å². The zero-order valence-corrected chi connectivity index (χ0v) is 15.0. The first-order chi connectivity index (χ1) is 12.1. The Kier molecular flexibility index (Phi) is 5.89. The molecule has 2 heterocycles. The summed E-state index contributed by atoms with van der Waals surface area (Å²) in [4.78, 5) is 21.1. The van der Waals surface area contributed by atoms with Crippen LogP contribution in [0.5, 0.6) is 5.75 Å². The van der Waals surface area contributed by atoms with E-state index in [1.54, 1.807) is 19.1 Å². The minimum atomic E-state index is -0.553. The normalized spacial score (nSPS) is 16.5. The van der Waals surface area contributed by atoms with Crippen LogP contribution in [0.25, 0.3) is 0 Å². The van der Waals surface area contributed by atoms with Gasteiger partial charge in [0.1, 0.15) is 5.75 Å². The summed E-state index contributed by atoms with van der Waals surface area (Å²) in [5.74, 6) is 0.538. The third kappa shape index (κ3) is 4.71. The van der Waals surface area contributed by atoms with Crippen LogP contribution in [-0.2, 0) is 11.3 Å². The average Bonchev–Trinajstić information content (AvgIpc) is 2.64. The highest BCUT2D eigenvalue weighted by atomic mass is 35.5. The molecule has 1 aliphatic heterocycles. The van der Waals surface area contributed by atoms with Crippen LogP contribution < -0.4 is 4.74 Å². The Morgan fingerprint density at radius 1 is 1.16 bits per heavy atom. The predicted octanol–water partition coefficient (Wildman–Crippen LogP) is 2.85. The average molecular weight is 360 g/mol. The molecule has 0 saturated carbocycles. The molecule has 1 aromatic heterocycles. The number of hydrogen-bond donors (Lipinski definition) is 0. The summed E-state index contributed by atoms with van der Waals surface area (Å²) in [6.45, 7) is 5.65. The predicted molar refractivity (Wildman–Crippen MR) is 97.6 cm³/mol. The van der Waals surface area contributed by atoms with E-state index in [1.807, 2.05) is 41.4 Å². The lowest BCUT2D eigenvalue weighted by Crippen LogP contribution is -2.51. The summed E-state index contributed by atoms with van der Waals surface area (Å²) in [5, 5.41) is 0.516. The zero-order valence-electron chi connectivity index (χ0n) is 14.3. The largest absolute Gasteiger partial charge is 0.479 e. The van der Waals surface area contributed by atoms with Gasteiger partial charge in [0, 0.05) is 38.9 Å². The standard InChI is InChI=1S/C19H22ClN3O2/c1-15(25-18-8-3-2-7-17(18)20)19(24)23-12-10-22(11-13-23)14-16-6-4-5-9-21-16/h2-9,15H,10-14H2,1H3. The molecule has 1 aliphatic rings. The maximum absolute atomic E-state index is 12.6. The fourth-order valence-electron chi connectivity index (χ4n) is 2.89. The number of para-hydroxylation sites is 1. The Morgan fingerprint density at radius 3 is 2.56 bits per heavy atom. The lowest BCUT2D eigenvalue weighted by Gasteiger charge is -2.35. The molecule has 1 amide bonds. The monoisotopic (exact) mass is 359 g/mol. The van der Waals surface area contributed by atoms with Crippen molar-refractivity contribution in [3.8, 4) is 5.75 Å². The molecule has 0 bridgehead atoms. The van der Waals surface area contributed by atoms with Crippen LogP contribution >= 0.6 is 11.6 Å². The van der Waals surface area contributed by atoms with Gasteiger partial charge in [0.25, 0.3) is 5.91 Å². The Hall–Kier alpha value is -2.11. The van der Waals surface area contributed by atoms with Crippen LogP contribution in [0.4, 0.5) is 0 Å². The zero-order chi connectivity index (χ0) is 17.6. The van der Waals surface area contributed by atoms with Gasteiger partial charge in [-0.05, 0) is 31.2 Å². The van der Waals surface area contributed by atoms with E-state index >= 15 is 0 Å². The highest BCUT2D eigenvalue weighted by Gasteiger charge is 2.26. The van der Waals surface area contributed by atoms with Crippen molar-refractivity contribution < 1.29 is 9.53 Å². The first kappa shape index (κ1) is 17.7. The maximum Gasteiger partial charge on any atom is 0.263 e. The molecule has 1 unspecified atom stereocenters. The molecule has 25 heavy (non-hydrogen) atoms. The summed E-state index contributed by atoms with van der Waals surface area (Å²) < 4.78 is 5.74. The number of pyridine rings is 1. The number of carbonyl (C=O) groups is 1. The van der Waals surface area contributed by atoms with Crippen molar-refractivity contribution >= 4 is 17.5 Å². The van der Waals surface area contributed by atoms with E-state index in [0.717, 1.165) is 25.3 Å². The summed E-state index contributed by atoms with van der Waals surface area (Å²) in [7, 11) is 0. The number of rotatable bonds is 5. The first-order valence-electron chi connectivity index (χ1n) is 8.46. The van der Waals surface area contributed by atoms with Crippen molar-refractivity contribution in [1.82, 2.24) is 14.8 Å². The number of ether oxygens (including phenoxy) is 1.